The van der Waals surface area contributed by atoms with Gasteiger partial charge in [0.25, 0.3) is 11.8 Å². The predicted molar refractivity (Wildman–Crippen MR) is 125 cm³/mol. The van der Waals surface area contributed by atoms with E-state index in [1.807, 2.05) is 11.6 Å². The molecule has 1 saturated heterocycles. The molecule has 2 aliphatic rings. The second-order valence-electron chi connectivity index (χ2n) is 8.97. The summed E-state index contributed by atoms with van der Waals surface area (Å²) in [6.07, 6.45) is 3.84. The number of aromatic nitrogens is 2. The van der Waals surface area contributed by atoms with Gasteiger partial charge in [-0.1, -0.05) is 13.0 Å². The zero-order chi connectivity index (χ0) is 24.1. The highest BCUT2D eigenvalue weighted by molar-refractivity contribution is 5.98. The van der Waals surface area contributed by atoms with Gasteiger partial charge in [-0.2, -0.15) is 5.10 Å². The maximum absolute atomic E-state index is 12.9. The Labute approximate surface area is 199 Å². The van der Waals surface area contributed by atoms with Crippen molar-refractivity contribution in [2.24, 2.45) is 5.41 Å². The molecule has 1 spiro atoms. The Hall–Kier alpha value is -3.20. The first-order valence-corrected chi connectivity index (χ1v) is 11.9. The minimum absolute atomic E-state index is 0.00970. The molecule has 1 aromatic carbocycles. The third-order valence-electron chi connectivity index (χ3n) is 6.75. The average molecular weight is 469 g/mol. The van der Waals surface area contributed by atoms with Crippen LogP contribution in [0.5, 0.6) is 0 Å². The summed E-state index contributed by atoms with van der Waals surface area (Å²) in [5.74, 6) is -0.782. The van der Waals surface area contributed by atoms with E-state index in [0.29, 0.717) is 55.8 Å². The van der Waals surface area contributed by atoms with Crippen molar-refractivity contribution in [3.05, 3.63) is 52.3 Å². The Kier molecular flexibility index (Phi) is 7.31. The van der Waals surface area contributed by atoms with Crippen molar-refractivity contribution >= 4 is 17.8 Å². The Balaban J connectivity index is 1.42. The highest BCUT2D eigenvalue weighted by atomic mass is 16.5. The maximum Gasteiger partial charge on any atom is 0.338 e. The van der Waals surface area contributed by atoms with E-state index < -0.39 is 5.97 Å². The van der Waals surface area contributed by atoms with Gasteiger partial charge in [0.1, 0.15) is 0 Å². The molecule has 4 rings (SSSR count). The van der Waals surface area contributed by atoms with Crippen LogP contribution in [0.2, 0.25) is 0 Å². The van der Waals surface area contributed by atoms with Crippen LogP contribution in [0, 0.1) is 5.41 Å². The monoisotopic (exact) mass is 468 g/mol. The normalized spacial score (nSPS) is 16.9. The van der Waals surface area contributed by atoms with Crippen molar-refractivity contribution in [1.82, 2.24) is 20.4 Å². The molecule has 9 nitrogen and oxygen atoms in total. The van der Waals surface area contributed by atoms with E-state index in [9.17, 15) is 14.4 Å². The van der Waals surface area contributed by atoms with Crippen LogP contribution < -0.4 is 10.6 Å². The molecular weight excluding hydrogens is 436 g/mol. The van der Waals surface area contributed by atoms with Crippen molar-refractivity contribution in [2.75, 3.05) is 33.4 Å². The van der Waals surface area contributed by atoms with Gasteiger partial charge >= 0.3 is 5.97 Å². The Morgan fingerprint density at radius 3 is 2.76 bits per heavy atom. The molecule has 182 valence electrons. The lowest BCUT2D eigenvalue weighted by Crippen LogP contribution is -2.40. The van der Waals surface area contributed by atoms with Crippen LogP contribution in [-0.4, -0.2) is 61.0 Å². The Bertz CT molecular complexity index is 1070. The van der Waals surface area contributed by atoms with Gasteiger partial charge in [0.15, 0.2) is 0 Å². The number of fused-ring (bicyclic) bond motifs is 1. The van der Waals surface area contributed by atoms with Crippen molar-refractivity contribution < 1.29 is 23.9 Å². The Morgan fingerprint density at radius 1 is 1.26 bits per heavy atom. The van der Waals surface area contributed by atoms with E-state index >= 15 is 0 Å². The van der Waals surface area contributed by atoms with Crippen LogP contribution in [-0.2, 0) is 28.9 Å². The second-order valence-corrected chi connectivity index (χ2v) is 8.97. The number of amides is 2. The molecule has 0 unspecified atom stereocenters. The lowest BCUT2D eigenvalue weighted by atomic mass is 9.76. The highest BCUT2D eigenvalue weighted by Crippen LogP contribution is 2.37. The first-order chi connectivity index (χ1) is 16.5. The van der Waals surface area contributed by atoms with Crippen molar-refractivity contribution in [3.8, 4) is 0 Å². The largest absolute Gasteiger partial charge is 0.462 e. The fourth-order valence-electron chi connectivity index (χ4n) is 4.75. The number of carbonyl (C=O) groups excluding carboxylic acids is 3. The van der Waals surface area contributed by atoms with E-state index in [1.54, 1.807) is 25.2 Å². The molecule has 34 heavy (non-hydrogen) atoms. The number of nitrogens with zero attached hydrogens (tertiary/aromatic N) is 2. The minimum Gasteiger partial charge on any atom is -0.462 e. The number of carbonyl (C=O) groups is 3. The van der Waals surface area contributed by atoms with Gasteiger partial charge in [-0.3, -0.25) is 14.3 Å². The quantitative estimate of drug-likeness (QED) is 0.476. The number of esters is 1. The maximum atomic E-state index is 12.9. The van der Waals surface area contributed by atoms with Gasteiger partial charge in [-0.05, 0) is 49.3 Å². The van der Waals surface area contributed by atoms with Gasteiger partial charge in [0.05, 0.1) is 29.1 Å². The molecule has 1 aromatic heterocycles. The molecule has 0 atom stereocenters. The SMILES string of the molecule is CCc1nn(CCCOC(=O)c2cccc(C(=O)NC)c2)c2c1C(=O)NCC1(CCOCC1)C2. The van der Waals surface area contributed by atoms with Crippen LogP contribution >= 0.6 is 0 Å². The summed E-state index contributed by atoms with van der Waals surface area (Å²) in [4.78, 5) is 37.2. The van der Waals surface area contributed by atoms with E-state index in [1.165, 1.54) is 6.07 Å². The molecule has 2 amide bonds. The molecule has 0 aliphatic carbocycles. The summed E-state index contributed by atoms with van der Waals surface area (Å²) in [6, 6.07) is 6.45. The first-order valence-electron chi connectivity index (χ1n) is 11.9. The lowest BCUT2D eigenvalue weighted by Gasteiger charge is -2.36. The number of rotatable bonds is 7. The van der Waals surface area contributed by atoms with E-state index in [-0.39, 0.29) is 23.8 Å². The fourth-order valence-corrected chi connectivity index (χ4v) is 4.75. The summed E-state index contributed by atoms with van der Waals surface area (Å²) in [6.45, 7) is 4.83. The van der Waals surface area contributed by atoms with Gasteiger partial charge in [0.2, 0.25) is 0 Å². The van der Waals surface area contributed by atoms with E-state index in [4.69, 9.17) is 14.6 Å². The predicted octanol–water partition coefficient (Wildman–Crippen LogP) is 2.13. The zero-order valence-electron chi connectivity index (χ0n) is 19.8. The third-order valence-corrected chi connectivity index (χ3v) is 6.75. The van der Waals surface area contributed by atoms with Crippen LogP contribution in [0.4, 0.5) is 0 Å². The first kappa shape index (κ1) is 23.9. The third kappa shape index (κ3) is 4.99. The number of nitrogens with one attached hydrogen (secondary N) is 2. The van der Waals surface area contributed by atoms with Gasteiger partial charge < -0.3 is 20.1 Å². The van der Waals surface area contributed by atoms with E-state index in [0.717, 1.165) is 30.7 Å². The second kappa shape index (κ2) is 10.4. The number of hydrogen-bond donors (Lipinski definition) is 2. The molecule has 0 bridgehead atoms. The lowest BCUT2D eigenvalue weighted by molar-refractivity contribution is 0.0152. The smallest absolute Gasteiger partial charge is 0.338 e. The Morgan fingerprint density at radius 2 is 2.03 bits per heavy atom. The molecule has 2 N–H and O–H groups in total. The van der Waals surface area contributed by atoms with Crippen LogP contribution in [0.15, 0.2) is 24.3 Å². The summed E-state index contributed by atoms with van der Waals surface area (Å²) in [7, 11) is 1.54. The molecule has 1 fully saturated rings. The molecule has 0 radical (unpaired) electrons. The molecule has 0 saturated carbocycles. The number of ether oxygens (including phenoxy) is 2. The fraction of sp³-hybridized carbons (Fsp3) is 0.520. The number of benzene rings is 1. The summed E-state index contributed by atoms with van der Waals surface area (Å²) >= 11 is 0. The standard InChI is InChI=1S/C25H32N4O5/c1-3-19-21-20(15-25(16-27-23(21)31)8-12-33-13-9-25)29(28-19)10-5-11-34-24(32)18-7-4-6-17(14-18)22(30)26-2/h4,6-7,14H,3,5,8-13,15-16H2,1-2H3,(H,26,30)(H,27,31). The van der Waals surface area contributed by atoms with Crippen LogP contribution in [0.1, 0.15) is 68.6 Å². The van der Waals surface area contributed by atoms with Gasteiger partial charge in [-0.25, -0.2) is 4.79 Å². The topological polar surface area (TPSA) is 112 Å². The molecule has 2 aromatic rings. The van der Waals surface area contributed by atoms with Crippen molar-refractivity contribution in [3.63, 3.8) is 0 Å². The summed E-state index contributed by atoms with van der Waals surface area (Å²) in [5, 5.41) is 10.4. The number of aryl methyl sites for hydroxylation is 2. The van der Waals surface area contributed by atoms with Gasteiger partial charge in [0, 0.05) is 45.3 Å². The van der Waals surface area contributed by atoms with Crippen LogP contribution in [0.25, 0.3) is 0 Å². The van der Waals surface area contributed by atoms with Gasteiger partial charge in [-0.15, -0.1) is 0 Å². The summed E-state index contributed by atoms with van der Waals surface area (Å²) < 4.78 is 12.9. The average Bonchev–Trinajstić information content (AvgIpc) is 3.15. The zero-order valence-corrected chi connectivity index (χ0v) is 19.8. The molecular formula is C25H32N4O5. The van der Waals surface area contributed by atoms with Crippen molar-refractivity contribution in [1.29, 1.82) is 0 Å². The van der Waals surface area contributed by atoms with Crippen molar-refractivity contribution in [2.45, 2.75) is 45.6 Å². The minimum atomic E-state index is -0.472. The molecule has 9 heteroatoms. The highest BCUT2D eigenvalue weighted by Gasteiger charge is 2.39. The summed E-state index contributed by atoms with van der Waals surface area (Å²) in [5.41, 5.74) is 3.21. The van der Waals surface area contributed by atoms with E-state index in [2.05, 4.69) is 10.6 Å². The van der Waals surface area contributed by atoms with Crippen LogP contribution in [0.3, 0.4) is 0 Å². The number of hydrogen-bond acceptors (Lipinski definition) is 6. The molecule has 3 heterocycles. The molecule has 2 aliphatic heterocycles.